The number of hydrogen-bond acceptors (Lipinski definition) is 3. The van der Waals surface area contributed by atoms with Gasteiger partial charge in [-0.2, -0.15) is 0 Å². The predicted octanol–water partition coefficient (Wildman–Crippen LogP) is 5.48. The van der Waals surface area contributed by atoms with Crippen LogP contribution in [0.2, 0.25) is 0 Å². The lowest BCUT2D eigenvalue weighted by Gasteiger charge is -2.21. The monoisotopic (exact) mass is 330 g/mol. The molecule has 21 heavy (non-hydrogen) atoms. The molecule has 0 N–H and O–H groups in total. The fourth-order valence-corrected chi connectivity index (χ4v) is 3.89. The summed E-state index contributed by atoms with van der Waals surface area (Å²) in [7, 11) is -3.10. The standard InChI is InChI=1S/C16H24ClO3P/c1-13(2)19-21(18,20-14(3)4)10-6-9-15-7-5-8-16(11-15)12-17/h5-9,11,13-14H,10,12H2,1-4H3. The van der Waals surface area contributed by atoms with Gasteiger partial charge in [-0.05, 0) is 38.8 Å². The van der Waals surface area contributed by atoms with E-state index in [1.165, 1.54) is 0 Å². The number of alkyl halides is 1. The minimum absolute atomic E-state index is 0.137. The molecule has 0 aromatic heterocycles. The Morgan fingerprint density at radius 2 is 1.81 bits per heavy atom. The van der Waals surface area contributed by atoms with E-state index < -0.39 is 7.60 Å². The van der Waals surface area contributed by atoms with Crippen LogP contribution in [0.3, 0.4) is 0 Å². The highest BCUT2D eigenvalue weighted by Gasteiger charge is 2.25. The maximum atomic E-state index is 12.6. The molecule has 0 atom stereocenters. The van der Waals surface area contributed by atoms with Gasteiger partial charge in [-0.25, -0.2) is 0 Å². The largest absolute Gasteiger partial charge is 0.334 e. The van der Waals surface area contributed by atoms with Gasteiger partial charge >= 0.3 is 7.60 Å². The van der Waals surface area contributed by atoms with Gasteiger partial charge in [0.05, 0.1) is 18.4 Å². The molecule has 0 radical (unpaired) electrons. The number of allylic oxidation sites excluding steroid dienone is 1. The Morgan fingerprint density at radius 3 is 2.33 bits per heavy atom. The second-order valence-electron chi connectivity index (χ2n) is 5.38. The van der Waals surface area contributed by atoms with Crippen LogP contribution in [0.4, 0.5) is 0 Å². The van der Waals surface area contributed by atoms with Crippen molar-refractivity contribution in [1.29, 1.82) is 0 Å². The van der Waals surface area contributed by atoms with Crippen LogP contribution in [-0.4, -0.2) is 18.4 Å². The normalized spacial score (nSPS) is 12.7. The quantitative estimate of drug-likeness (QED) is 0.467. The molecule has 5 heteroatoms. The van der Waals surface area contributed by atoms with E-state index in [0.29, 0.717) is 5.88 Å². The third-order valence-corrected chi connectivity index (χ3v) is 4.94. The molecule has 0 aliphatic rings. The van der Waals surface area contributed by atoms with Crippen molar-refractivity contribution in [2.75, 3.05) is 6.16 Å². The van der Waals surface area contributed by atoms with Gasteiger partial charge in [0, 0.05) is 5.88 Å². The van der Waals surface area contributed by atoms with Crippen LogP contribution >= 0.6 is 19.2 Å². The molecule has 3 nitrogen and oxygen atoms in total. The van der Waals surface area contributed by atoms with Crippen LogP contribution in [0.15, 0.2) is 30.3 Å². The van der Waals surface area contributed by atoms with Crippen molar-refractivity contribution >= 4 is 25.3 Å². The second-order valence-corrected chi connectivity index (χ2v) is 7.66. The Morgan fingerprint density at radius 1 is 1.19 bits per heavy atom. The Labute approximate surface area is 132 Å². The van der Waals surface area contributed by atoms with Gasteiger partial charge in [0.1, 0.15) is 0 Å². The molecule has 1 rings (SSSR count). The molecular weight excluding hydrogens is 307 g/mol. The van der Waals surface area contributed by atoms with E-state index in [1.807, 2.05) is 64.1 Å². The summed E-state index contributed by atoms with van der Waals surface area (Å²) in [5.74, 6) is 0.479. The molecule has 0 spiro atoms. The van der Waals surface area contributed by atoms with Crippen molar-refractivity contribution in [1.82, 2.24) is 0 Å². The highest BCUT2D eigenvalue weighted by molar-refractivity contribution is 7.54. The molecule has 118 valence electrons. The first-order valence-electron chi connectivity index (χ1n) is 7.12. The van der Waals surface area contributed by atoms with E-state index in [2.05, 4.69) is 0 Å². The number of hydrogen-bond donors (Lipinski definition) is 0. The van der Waals surface area contributed by atoms with Crippen LogP contribution in [0.1, 0.15) is 38.8 Å². The molecule has 0 saturated heterocycles. The van der Waals surface area contributed by atoms with E-state index in [-0.39, 0.29) is 18.4 Å². The molecule has 0 unspecified atom stereocenters. The van der Waals surface area contributed by atoms with Gasteiger partial charge in [0.2, 0.25) is 0 Å². The summed E-state index contributed by atoms with van der Waals surface area (Å²) in [6, 6.07) is 7.90. The lowest BCUT2D eigenvalue weighted by molar-refractivity contribution is 0.144. The zero-order valence-electron chi connectivity index (χ0n) is 13.1. The average Bonchev–Trinajstić information content (AvgIpc) is 2.36. The van der Waals surface area contributed by atoms with Crippen LogP contribution in [0.25, 0.3) is 6.08 Å². The SMILES string of the molecule is CC(C)OP(=O)(CC=Cc1cccc(CCl)c1)OC(C)C. The summed E-state index contributed by atoms with van der Waals surface area (Å²) in [5.41, 5.74) is 2.08. The van der Waals surface area contributed by atoms with Crippen LogP contribution in [0.5, 0.6) is 0 Å². The lowest BCUT2D eigenvalue weighted by atomic mass is 10.1. The summed E-state index contributed by atoms with van der Waals surface area (Å²) in [4.78, 5) is 0. The van der Waals surface area contributed by atoms with Crippen molar-refractivity contribution in [2.24, 2.45) is 0 Å². The van der Waals surface area contributed by atoms with Gasteiger partial charge in [-0.15, -0.1) is 11.6 Å². The molecule has 0 aliphatic heterocycles. The van der Waals surface area contributed by atoms with Crippen LogP contribution < -0.4 is 0 Å². The maximum Gasteiger partial charge on any atom is 0.334 e. The predicted molar refractivity (Wildman–Crippen MR) is 89.9 cm³/mol. The highest BCUT2D eigenvalue weighted by Crippen LogP contribution is 2.50. The second kappa shape index (κ2) is 8.75. The summed E-state index contributed by atoms with van der Waals surface area (Å²) in [6.07, 6.45) is 3.73. The van der Waals surface area contributed by atoms with Crippen molar-refractivity contribution in [3.05, 3.63) is 41.5 Å². The van der Waals surface area contributed by atoms with E-state index in [4.69, 9.17) is 20.6 Å². The fourth-order valence-electron chi connectivity index (χ4n) is 1.85. The fraction of sp³-hybridized carbons (Fsp3) is 0.500. The average molecular weight is 331 g/mol. The van der Waals surface area contributed by atoms with Gasteiger partial charge in [0.25, 0.3) is 0 Å². The molecule has 0 amide bonds. The minimum Gasteiger partial charge on any atom is -0.306 e. The number of rotatable bonds is 8. The third-order valence-electron chi connectivity index (χ3n) is 2.49. The summed E-state index contributed by atoms with van der Waals surface area (Å²) < 4.78 is 23.6. The summed E-state index contributed by atoms with van der Waals surface area (Å²) in [5, 5.41) is 0. The first-order valence-corrected chi connectivity index (χ1v) is 9.38. The summed E-state index contributed by atoms with van der Waals surface area (Å²) in [6.45, 7) is 7.40. The van der Waals surface area contributed by atoms with E-state index in [9.17, 15) is 4.57 Å². The third kappa shape index (κ3) is 7.28. The lowest BCUT2D eigenvalue weighted by Crippen LogP contribution is -2.09. The zero-order valence-corrected chi connectivity index (χ0v) is 14.7. The number of halogens is 1. The topological polar surface area (TPSA) is 35.5 Å². The molecule has 1 aromatic rings. The van der Waals surface area contributed by atoms with Crippen molar-refractivity contribution in [3.8, 4) is 0 Å². The van der Waals surface area contributed by atoms with Crippen molar-refractivity contribution in [3.63, 3.8) is 0 Å². The highest BCUT2D eigenvalue weighted by atomic mass is 35.5. The maximum absolute atomic E-state index is 12.6. The first kappa shape index (κ1) is 18.4. The van der Waals surface area contributed by atoms with Crippen LogP contribution in [0, 0.1) is 0 Å². The van der Waals surface area contributed by atoms with Crippen molar-refractivity contribution < 1.29 is 13.6 Å². The van der Waals surface area contributed by atoms with E-state index in [0.717, 1.165) is 11.1 Å². The van der Waals surface area contributed by atoms with E-state index >= 15 is 0 Å². The van der Waals surface area contributed by atoms with Gasteiger partial charge in [-0.3, -0.25) is 4.57 Å². The smallest absolute Gasteiger partial charge is 0.306 e. The zero-order chi connectivity index (χ0) is 15.9. The van der Waals surface area contributed by atoms with Gasteiger partial charge in [0.15, 0.2) is 0 Å². The first-order chi connectivity index (χ1) is 9.84. The number of benzene rings is 1. The molecule has 0 aliphatic carbocycles. The molecule has 0 bridgehead atoms. The van der Waals surface area contributed by atoms with E-state index in [1.54, 1.807) is 0 Å². The van der Waals surface area contributed by atoms with Gasteiger partial charge in [-0.1, -0.05) is 36.4 Å². The Bertz CT molecular complexity index is 498. The minimum atomic E-state index is -3.10. The molecule has 0 fully saturated rings. The Hall–Kier alpha value is -0.600. The van der Waals surface area contributed by atoms with Gasteiger partial charge < -0.3 is 9.05 Å². The molecule has 0 saturated carbocycles. The Balaban J connectivity index is 2.75. The van der Waals surface area contributed by atoms with Crippen molar-refractivity contribution in [2.45, 2.75) is 45.8 Å². The molecule has 0 heterocycles. The molecular formula is C16H24ClO3P. The molecule has 1 aromatic carbocycles. The van der Waals surface area contributed by atoms with Crippen LogP contribution in [-0.2, 0) is 19.5 Å². The Kier molecular flexibility index (Phi) is 7.69. The summed E-state index contributed by atoms with van der Waals surface area (Å²) >= 11 is 5.81.